The fourth-order valence-corrected chi connectivity index (χ4v) is 3.85. The number of aromatic nitrogens is 2. The molecule has 0 fully saturated rings. The molecule has 0 saturated carbocycles. The second-order valence-corrected chi connectivity index (χ2v) is 7.71. The van der Waals surface area contributed by atoms with Gasteiger partial charge >= 0.3 is 5.97 Å². The smallest absolute Gasteiger partial charge is 0.335 e. The first-order chi connectivity index (χ1) is 15.9. The number of rotatable bonds is 4. The number of hydrogen-bond donors (Lipinski definition) is 1. The Labute approximate surface area is 192 Å². The number of aromatic carboxylic acids is 1. The van der Waals surface area contributed by atoms with Crippen LogP contribution >= 0.6 is 11.6 Å². The highest BCUT2D eigenvalue weighted by Crippen LogP contribution is 2.31. The zero-order valence-electron chi connectivity index (χ0n) is 16.9. The van der Waals surface area contributed by atoms with E-state index >= 15 is 0 Å². The third kappa shape index (κ3) is 3.64. The summed E-state index contributed by atoms with van der Waals surface area (Å²) < 4.78 is 0. The number of carboxylic acids is 1. The fourth-order valence-electron chi connectivity index (χ4n) is 3.67. The molecule has 5 rings (SSSR count). The lowest BCUT2D eigenvalue weighted by atomic mass is 10.1. The number of nitrogens with zero attached hydrogens (tertiary/aromatic N) is 3. The van der Waals surface area contributed by atoms with Crippen molar-refractivity contribution in [3.05, 3.63) is 101 Å². The number of imide groups is 1. The number of carbonyl (C=O) groups excluding carboxylic acids is 2. The molecule has 0 bridgehead atoms. The van der Waals surface area contributed by atoms with E-state index in [0.29, 0.717) is 22.8 Å². The highest BCUT2D eigenvalue weighted by Gasteiger charge is 2.37. The number of halogens is 1. The van der Waals surface area contributed by atoms with Crippen molar-refractivity contribution in [1.82, 2.24) is 9.97 Å². The summed E-state index contributed by atoms with van der Waals surface area (Å²) in [5, 5.41) is 9.46. The minimum atomic E-state index is -1.17. The normalized spacial score (nSPS) is 12.7. The summed E-state index contributed by atoms with van der Waals surface area (Å²) in [5.74, 6) is -1.85. The molecule has 8 heteroatoms. The van der Waals surface area contributed by atoms with E-state index in [2.05, 4.69) is 9.97 Å². The summed E-state index contributed by atoms with van der Waals surface area (Å²) >= 11 is 6.22. The molecule has 0 atom stereocenters. The van der Waals surface area contributed by atoms with E-state index in [9.17, 15) is 19.5 Å². The van der Waals surface area contributed by atoms with Crippen molar-refractivity contribution in [2.75, 3.05) is 4.90 Å². The summed E-state index contributed by atoms with van der Waals surface area (Å²) in [6.45, 7) is 0. The summed E-state index contributed by atoms with van der Waals surface area (Å²) in [5.41, 5.74) is 2.75. The van der Waals surface area contributed by atoms with Gasteiger partial charge in [0.05, 0.1) is 28.1 Å². The summed E-state index contributed by atoms with van der Waals surface area (Å²) in [6.07, 6.45) is 0. The van der Waals surface area contributed by atoms with E-state index in [1.165, 1.54) is 18.2 Å². The van der Waals surface area contributed by atoms with Crippen LogP contribution in [-0.2, 0) is 0 Å². The predicted octanol–water partition coefficient (Wildman–Crippen LogP) is 4.96. The van der Waals surface area contributed by atoms with Crippen LogP contribution in [0.3, 0.4) is 0 Å². The van der Waals surface area contributed by atoms with Gasteiger partial charge in [0.1, 0.15) is 5.15 Å². The second-order valence-electron chi connectivity index (χ2n) is 7.32. The first-order valence-electron chi connectivity index (χ1n) is 9.89. The Morgan fingerprint density at radius 2 is 1.48 bits per heavy atom. The van der Waals surface area contributed by atoms with E-state index in [-0.39, 0.29) is 21.8 Å². The van der Waals surface area contributed by atoms with Crippen LogP contribution in [0.25, 0.3) is 22.6 Å². The highest BCUT2D eigenvalue weighted by atomic mass is 35.5. The Balaban J connectivity index is 1.47. The van der Waals surface area contributed by atoms with Gasteiger partial charge in [-0.3, -0.25) is 9.59 Å². The van der Waals surface area contributed by atoms with Crippen molar-refractivity contribution >= 4 is 35.1 Å². The van der Waals surface area contributed by atoms with Crippen molar-refractivity contribution in [2.45, 2.75) is 0 Å². The molecule has 0 radical (unpaired) electrons. The summed E-state index contributed by atoms with van der Waals surface area (Å²) in [4.78, 5) is 46.8. The number of amides is 2. The van der Waals surface area contributed by atoms with Crippen LogP contribution in [-0.4, -0.2) is 32.9 Å². The van der Waals surface area contributed by atoms with Gasteiger partial charge in [-0.05, 0) is 42.5 Å². The van der Waals surface area contributed by atoms with E-state index in [1.54, 1.807) is 30.3 Å². The molecule has 33 heavy (non-hydrogen) atoms. The van der Waals surface area contributed by atoms with E-state index in [1.807, 2.05) is 30.3 Å². The lowest BCUT2D eigenvalue weighted by Crippen LogP contribution is -2.29. The van der Waals surface area contributed by atoms with Crippen LogP contribution < -0.4 is 4.90 Å². The zero-order chi connectivity index (χ0) is 23.1. The minimum Gasteiger partial charge on any atom is -0.478 e. The van der Waals surface area contributed by atoms with Gasteiger partial charge in [-0.1, -0.05) is 41.9 Å². The van der Waals surface area contributed by atoms with Gasteiger partial charge in [-0.2, -0.15) is 0 Å². The number of hydrogen-bond acceptors (Lipinski definition) is 5. The lowest BCUT2D eigenvalue weighted by Gasteiger charge is -2.14. The Morgan fingerprint density at radius 1 is 0.788 bits per heavy atom. The largest absolute Gasteiger partial charge is 0.478 e. The Hall–Kier alpha value is -4.36. The van der Waals surface area contributed by atoms with Gasteiger partial charge in [-0.25, -0.2) is 19.7 Å². The first-order valence-corrected chi connectivity index (χ1v) is 10.3. The monoisotopic (exact) mass is 455 g/mol. The molecule has 2 heterocycles. The number of benzene rings is 3. The molecule has 2 amide bonds. The van der Waals surface area contributed by atoms with Crippen molar-refractivity contribution in [2.24, 2.45) is 0 Å². The maximum Gasteiger partial charge on any atom is 0.335 e. The van der Waals surface area contributed by atoms with Crippen molar-refractivity contribution in [3.63, 3.8) is 0 Å². The molecule has 160 valence electrons. The van der Waals surface area contributed by atoms with E-state index < -0.39 is 17.8 Å². The van der Waals surface area contributed by atoms with Gasteiger partial charge in [0.2, 0.25) is 0 Å². The quantitative estimate of drug-likeness (QED) is 0.344. The number of carboxylic acid groups (broad SMARTS) is 1. The van der Waals surface area contributed by atoms with Crippen LogP contribution in [0.4, 0.5) is 5.69 Å². The summed E-state index contributed by atoms with van der Waals surface area (Å²) in [6, 6.07) is 21.7. The maximum absolute atomic E-state index is 12.9. The van der Waals surface area contributed by atoms with Crippen LogP contribution in [0.15, 0.2) is 78.9 Å². The topological polar surface area (TPSA) is 100 Å². The average molecular weight is 456 g/mol. The molecule has 1 aromatic heterocycles. The molecular weight excluding hydrogens is 442 g/mol. The van der Waals surface area contributed by atoms with E-state index in [4.69, 9.17) is 11.6 Å². The molecule has 0 unspecified atom stereocenters. The molecule has 7 nitrogen and oxygen atoms in total. The number of fused-ring (bicyclic) bond motifs is 1. The van der Waals surface area contributed by atoms with E-state index in [0.717, 1.165) is 10.5 Å². The molecule has 1 N–H and O–H groups in total. The number of carbonyl (C=O) groups is 3. The van der Waals surface area contributed by atoms with Gasteiger partial charge in [0.25, 0.3) is 11.8 Å². The second kappa shape index (κ2) is 7.96. The maximum atomic E-state index is 12.9. The predicted molar refractivity (Wildman–Crippen MR) is 122 cm³/mol. The average Bonchev–Trinajstić information content (AvgIpc) is 3.08. The molecule has 0 spiro atoms. The van der Waals surface area contributed by atoms with Gasteiger partial charge in [0, 0.05) is 17.2 Å². The SMILES string of the molecule is O=C(O)c1ccc2c(c1)C(=O)N(c1ccc(-c3nc(Cl)cc(-c4ccccc4)n3)cc1)C2=O. The van der Waals surface area contributed by atoms with Gasteiger partial charge < -0.3 is 5.11 Å². The van der Waals surface area contributed by atoms with Gasteiger partial charge in [-0.15, -0.1) is 0 Å². The van der Waals surface area contributed by atoms with Crippen LogP contribution in [0, 0.1) is 0 Å². The third-order valence-corrected chi connectivity index (χ3v) is 5.48. The van der Waals surface area contributed by atoms with Crippen molar-refractivity contribution in [3.8, 4) is 22.6 Å². The van der Waals surface area contributed by atoms with Crippen molar-refractivity contribution < 1.29 is 19.5 Å². The minimum absolute atomic E-state index is 0.0561. The lowest BCUT2D eigenvalue weighted by molar-refractivity contribution is 0.0696. The number of anilines is 1. The summed E-state index contributed by atoms with van der Waals surface area (Å²) in [7, 11) is 0. The standard InChI is InChI=1S/C25H14ClN3O4/c26-21-13-20(14-4-2-1-3-5-14)27-22(28-21)15-6-9-17(10-7-15)29-23(30)18-11-8-16(25(32)33)12-19(18)24(29)31/h1-13H,(H,32,33). The third-order valence-electron chi connectivity index (χ3n) is 5.28. The Bertz CT molecular complexity index is 1440. The molecular formula is C25H14ClN3O4. The zero-order valence-corrected chi connectivity index (χ0v) is 17.7. The Morgan fingerprint density at radius 3 is 2.18 bits per heavy atom. The van der Waals surface area contributed by atoms with Crippen molar-refractivity contribution in [1.29, 1.82) is 0 Å². The molecule has 0 aliphatic carbocycles. The van der Waals surface area contributed by atoms with Crippen LogP contribution in [0.1, 0.15) is 31.1 Å². The molecule has 1 aliphatic rings. The molecule has 3 aromatic carbocycles. The molecule has 4 aromatic rings. The fraction of sp³-hybridized carbons (Fsp3) is 0. The molecule has 0 saturated heterocycles. The molecule has 1 aliphatic heterocycles. The van der Waals surface area contributed by atoms with Crippen LogP contribution in [0.2, 0.25) is 5.15 Å². The Kier molecular flexibility index (Phi) is 4.95. The first kappa shape index (κ1) is 20.5. The van der Waals surface area contributed by atoms with Gasteiger partial charge in [0.15, 0.2) is 5.82 Å². The highest BCUT2D eigenvalue weighted by molar-refractivity contribution is 6.34. The van der Waals surface area contributed by atoms with Crippen LogP contribution in [0.5, 0.6) is 0 Å².